The zero-order chi connectivity index (χ0) is 15.6. The van der Waals surface area contributed by atoms with Crippen molar-refractivity contribution in [1.29, 1.82) is 0 Å². The van der Waals surface area contributed by atoms with Gasteiger partial charge in [-0.25, -0.2) is 4.79 Å². The van der Waals surface area contributed by atoms with Crippen molar-refractivity contribution < 1.29 is 24.1 Å². The fourth-order valence-corrected chi connectivity index (χ4v) is 2.53. The predicted molar refractivity (Wildman–Crippen MR) is 78.8 cm³/mol. The van der Waals surface area contributed by atoms with E-state index in [9.17, 15) is 9.90 Å². The highest BCUT2D eigenvalue weighted by Gasteiger charge is 2.23. The smallest absolute Gasteiger partial charge is 0.352 e. The van der Waals surface area contributed by atoms with Crippen LogP contribution < -0.4 is 14.2 Å². The fraction of sp³-hybridized carbons (Fsp3) is 0.400. The summed E-state index contributed by atoms with van der Waals surface area (Å²) >= 11 is 0. The molecule has 0 saturated carbocycles. The number of aromatic nitrogens is 1. The van der Waals surface area contributed by atoms with Crippen LogP contribution in [-0.4, -0.2) is 37.0 Å². The van der Waals surface area contributed by atoms with Gasteiger partial charge >= 0.3 is 5.97 Å². The number of fused-ring (bicyclic) bond motifs is 1. The second-order valence-electron chi connectivity index (χ2n) is 4.57. The molecule has 1 N–H and O–H groups in total. The summed E-state index contributed by atoms with van der Waals surface area (Å²) in [7, 11) is 4.59. The van der Waals surface area contributed by atoms with Crippen LogP contribution >= 0.6 is 0 Å². The van der Waals surface area contributed by atoms with Crippen molar-refractivity contribution in [3.05, 3.63) is 17.8 Å². The maximum atomic E-state index is 11.5. The topological polar surface area (TPSA) is 69.9 Å². The minimum Gasteiger partial charge on any atom is -0.493 e. The van der Waals surface area contributed by atoms with Gasteiger partial charge in [0.2, 0.25) is 5.75 Å². The molecule has 2 rings (SSSR count). The number of rotatable bonds is 6. The average Bonchev–Trinajstić information content (AvgIpc) is 2.84. The Hall–Kier alpha value is -2.37. The van der Waals surface area contributed by atoms with E-state index in [1.165, 1.54) is 21.3 Å². The Morgan fingerprint density at radius 2 is 1.81 bits per heavy atom. The average molecular weight is 293 g/mol. The Labute approximate surface area is 122 Å². The van der Waals surface area contributed by atoms with Crippen molar-refractivity contribution in [3.8, 4) is 17.2 Å². The van der Waals surface area contributed by atoms with Crippen LogP contribution in [0.2, 0.25) is 0 Å². The molecule has 6 heteroatoms. The van der Waals surface area contributed by atoms with Crippen LogP contribution in [0.3, 0.4) is 0 Å². The number of carboxylic acid groups (broad SMARTS) is 1. The Balaban J connectivity index is 2.89. The number of nitrogens with zero attached hydrogens (tertiary/aromatic N) is 1. The molecule has 0 aliphatic carbocycles. The first-order valence-corrected chi connectivity index (χ1v) is 6.64. The standard InChI is InChI=1S/C15H19NO5/c1-5-6-16-10(15(17)18)7-9-8-11(19-2)13(20-3)14(21-4)12(9)16/h7-8H,5-6H2,1-4H3,(H,17,18). The number of carbonyl (C=O) groups is 1. The van der Waals surface area contributed by atoms with Gasteiger partial charge in [0.25, 0.3) is 0 Å². The van der Waals surface area contributed by atoms with E-state index in [-0.39, 0.29) is 5.69 Å². The van der Waals surface area contributed by atoms with Crippen molar-refractivity contribution in [1.82, 2.24) is 4.57 Å². The summed E-state index contributed by atoms with van der Waals surface area (Å²) < 4.78 is 17.8. The van der Waals surface area contributed by atoms with Crippen LogP contribution in [0.25, 0.3) is 10.9 Å². The number of carboxylic acids is 1. The number of ether oxygens (including phenoxy) is 3. The van der Waals surface area contributed by atoms with Gasteiger partial charge in [-0.05, 0) is 18.6 Å². The van der Waals surface area contributed by atoms with Crippen molar-refractivity contribution in [3.63, 3.8) is 0 Å². The molecular formula is C15H19NO5. The summed E-state index contributed by atoms with van der Waals surface area (Å²) in [5, 5.41) is 10.1. The molecular weight excluding hydrogens is 274 g/mol. The highest BCUT2D eigenvalue weighted by Crippen LogP contribution is 2.44. The number of benzene rings is 1. The van der Waals surface area contributed by atoms with Crippen LogP contribution in [0.15, 0.2) is 12.1 Å². The second kappa shape index (κ2) is 5.95. The van der Waals surface area contributed by atoms with Crippen molar-refractivity contribution >= 4 is 16.9 Å². The number of aryl methyl sites for hydroxylation is 1. The lowest BCUT2D eigenvalue weighted by molar-refractivity contribution is 0.0685. The van der Waals surface area contributed by atoms with Gasteiger partial charge in [-0.1, -0.05) is 6.92 Å². The largest absolute Gasteiger partial charge is 0.493 e. The van der Waals surface area contributed by atoms with Gasteiger partial charge < -0.3 is 23.9 Å². The maximum absolute atomic E-state index is 11.5. The second-order valence-corrected chi connectivity index (χ2v) is 4.57. The van der Waals surface area contributed by atoms with Crippen molar-refractivity contribution in [2.75, 3.05) is 21.3 Å². The molecule has 0 unspecified atom stereocenters. The zero-order valence-electron chi connectivity index (χ0n) is 12.6. The minimum absolute atomic E-state index is 0.223. The first-order valence-electron chi connectivity index (χ1n) is 6.64. The molecule has 1 aromatic carbocycles. The van der Waals surface area contributed by atoms with Gasteiger partial charge in [-0.15, -0.1) is 0 Å². The van der Waals surface area contributed by atoms with Crippen LogP contribution in [-0.2, 0) is 6.54 Å². The third-order valence-electron chi connectivity index (χ3n) is 3.35. The van der Waals surface area contributed by atoms with E-state index in [0.717, 1.165) is 11.8 Å². The number of hydrogen-bond acceptors (Lipinski definition) is 4. The molecule has 21 heavy (non-hydrogen) atoms. The van der Waals surface area contributed by atoms with Crippen LogP contribution in [0.1, 0.15) is 23.8 Å². The molecule has 0 spiro atoms. The van der Waals surface area contributed by atoms with Crippen LogP contribution in [0.5, 0.6) is 17.2 Å². The highest BCUT2D eigenvalue weighted by molar-refractivity contribution is 5.99. The molecule has 0 fully saturated rings. The Kier molecular flexibility index (Phi) is 4.26. The summed E-state index contributed by atoms with van der Waals surface area (Å²) in [6.07, 6.45) is 0.807. The molecule has 0 radical (unpaired) electrons. The highest BCUT2D eigenvalue weighted by atomic mass is 16.5. The molecule has 0 aliphatic rings. The Bertz CT molecular complexity index is 674. The lowest BCUT2D eigenvalue weighted by atomic mass is 10.2. The normalized spacial score (nSPS) is 10.7. The number of methoxy groups -OCH3 is 3. The molecule has 6 nitrogen and oxygen atoms in total. The monoisotopic (exact) mass is 293 g/mol. The molecule has 0 saturated heterocycles. The molecule has 1 heterocycles. The van der Waals surface area contributed by atoms with E-state index in [1.54, 1.807) is 16.7 Å². The van der Waals surface area contributed by atoms with Gasteiger partial charge in [0.15, 0.2) is 11.5 Å². The molecule has 1 aromatic heterocycles. The van der Waals surface area contributed by atoms with E-state index >= 15 is 0 Å². The van der Waals surface area contributed by atoms with E-state index in [4.69, 9.17) is 14.2 Å². The summed E-state index contributed by atoms with van der Waals surface area (Å²) in [6.45, 7) is 2.57. The number of aromatic carboxylic acids is 1. The zero-order valence-corrected chi connectivity index (χ0v) is 12.6. The van der Waals surface area contributed by atoms with Gasteiger partial charge in [-0.3, -0.25) is 0 Å². The van der Waals surface area contributed by atoms with Gasteiger partial charge in [0, 0.05) is 11.9 Å². The Morgan fingerprint density at radius 1 is 1.14 bits per heavy atom. The SMILES string of the molecule is CCCn1c(C(=O)O)cc2cc(OC)c(OC)c(OC)c21. The molecule has 2 aromatic rings. The third kappa shape index (κ3) is 2.37. The third-order valence-corrected chi connectivity index (χ3v) is 3.35. The quantitative estimate of drug-likeness (QED) is 0.886. The Morgan fingerprint density at radius 3 is 2.29 bits per heavy atom. The summed E-state index contributed by atoms with van der Waals surface area (Å²) in [6, 6.07) is 3.38. The lowest BCUT2D eigenvalue weighted by Gasteiger charge is -2.15. The first kappa shape index (κ1) is 15.0. The molecule has 0 amide bonds. The van der Waals surface area contributed by atoms with Gasteiger partial charge in [0.1, 0.15) is 5.69 Å². The van der Waals surface area contributed by atoms with E-state index in [0.29, 0.717) is 29.3 Å². The first-order chi connectivity index (χ1) is 10.1. The van der Waals surface area contributed by atoms with Gasteiger partial charge in [0.05, 0.1) is 26.8 Å². The van der Waals surface area contributed by atoms with Crippen LogP contribution in [0.4, 0.5) is 0 Å². The summed E-state index contributed by atoms with van der Waals surface area (Å²) in [5.74, 6) is 0.472. The molecule has 0 aliphatic heterocycles. The molecule has 0 bridgehead atoms. The predicted octanol–water partition coefficient (Wildman–Crippen LogP) is 2.78. The fourth-order valence-electron chi connectivity index (χ4n) is 2.53. The lowest BCUT2D eigenvalue weighted by Crippen LogP contribution is -2.08. The maximum Gasteiger partial charge on any atom is 0.352 e. The molecule has 0 atom stereocenters. The summed E-state index contributed by atoms with van der Waals surface area (Å²) in [5.41, 5.74) is 0.926. The number of hydrogen-bond donors (Lipinski definition) is 1. The summed E-state index contributed by atoms with van der Waals surface area (Å²) in [4.78, 5) is 11.5. The van der Waals surface area contributed by atoms with E-state index in [1.807, 2.05) is 6.92 Å². The van der Waals surface area contributed by atoms with Crippen LogP contribution in [0, 0.1) is 0 Å². The van der Waals surface area contributed by atoms with Gasteiger partial charge in [-0.2, -0.15) is 0 Å². The van der Waals surface area contributed by atoms with Crippen molar-refractivity contribution in [2.45, 2.75) is 19.9 Å². The van der Waals surface area contributed by atoms with E-state index < -0.39 is 5.97 Å². The molecule has 114 valence electrons. The minimum atomic E-state index is -0.973. The van der Waals surface area contributed by atoms with Crippen molar-refractivity contribution in [2.24, 2.45) is 0 Å². The van der Waals surface area contributed by atoms with E-state index in [2.05, 4.69) is 0 Å².